The summed E-state index contributed by atoms with van der Waals surface area (Å²) in [6.07, 6.45) is 2.30. The number of alkyl carbamates (subject to hydrolysis) is 1. The van der Waals surface area contributed by atoms with Gasteiger partial charge in [-0.05, 0) is 40.0 Å². The van der Waals surface area contributed by atoms with Crippen LogP contribution in [-0.4, -0.2) is 11.7 Å². The van der Waals surface area contributed by atoms with Gasteiger partial charge in [0.1, 0.15) is 5.60 Å². The molecule has 1 amide bonds. The van der Waals surface area contributed by atoms with Gasteiger partial charge in [0, 0.05) is 11.4 Å². The van der Waals surface area contributed by atoms with Crippen molar-refractivity contribution in [2.45, 2.75) is 45.6 Å². The van der Waals surface area contributed by atoms with Gasteiger partial charge in [-0.3, -0.25) is 5.32 Å². The fraction of sp³-hybridized carbons (Fsp3) is 0.700. The number of hydrogen-bond donors (Lipinski definition) is 2. The van der Waals surface area contributed by atoms with Crippen molar-refractivity contribution >= 4 is 6.09 Å². The number of rotatable bonds is 1. The lowest BCUT2D eigenvalue weighted by Crippen LogP contribution is -2.32. The first-order valence-electron chi connectivity index (χ1n) is 4.86. The summed E-state index contributed by atoms with van der Waals surface area (Å²) < 4.78 is 5.11. The van der Waals surface area contributed by atoms with Gasteiger partial charge < -0.3 is 10.5 Å². The molecule has 3 N–H and O–H groups in total. The number of nitrogens with one attached hydrogen (secondary N) is 1. The first kappa shape index (κ1) is 10.9. The lowest BCUT2D eigenvalue weighted by Gasteiger charge is -2.20. The van der Waals surface area contributed by atoms with E-state index in [4.69, 9.17) is 10.5 Å². The number of hydrogen-bond acceptors (Lipinski definition) is 3. The zero-order chi connectivity index (χ0) is 10.8. The molecule has 0 unspecified atom stereocenters. The van der Waals surface area contributed by atoms with Gasteiger partial charge in [-0.15, -0.1) is 0 Å². The summed E-state index contributed by atoms with van der Waals surface area (Å²) in [4.78, 5) is 11.3. The summed E-state index contributed by atoms with van der Waals surface area (Å²) in [7, 11) is 0. The van der Waals surface area contributed by atoms with Gasteiger partial charge in [-0.25, -0.2) is 4.79 Å². The Balaban J connectivity index is 2.45. The van der Waals surface area contributed by atoms with Crippen molar-refractivity contribution in [1.29, 1.82) is 0 Å². The smallest absolute Gasteiger partial charge is 0.411 e. The highest BCUT2D eigenvalue weighted by atomic mass is 16.6. The van der Waals surface area contributed by atoms with Crippen LogP contribution in [0.1, 0.15) is 40.0 Å². The van der Waals surface area contributed by atoms with E-state index in [1.165, 1.54) is 0 Å². The van der Waals surface area contributed by atoms with E-state index >= 15 is 0 Å². The monoisotopic (exact) mass is 198 g/mol. The minimum Gasteiger partial charge on any atom is -0.444 e. The summed E-state index contributed by atoms with van der Waals surface area (Å²) in [6.45, 7) is 5.50. The average molecular weight is 198 g/mol. The molecular weight excluding hydrogens is 180 g/mol. The highest BCUT2D eigenvalue weighted by molar-refractivity contribution is 5.70. The molecule has 14 heavy (non-hydrogen) atoms. The first-order chi connectivity index (χ1) is 6.38. The van der Waals surface area contributed by atoms with Gasteiger partial charge in [0.25, 0.3) is 0 Å². The Labute approximate surface area is 84.5 Å². The molecule has 4 nitrogen and oxygen atoms in total. The summed E-state index contributed by atoms with van der Waals surface area (Å²) in [5.74, 6) is 0. The number of ether oxygens (including phenoxy) is 1. The molecule has 0 bridgehead atoms. The molecular formula is C10H18N2O2. The van der Waals surface area contributed by atoms with E-state index in [1.54, 1.807) is 0 Å². The minimum absolute atomic E-state index is 0.419. The van der Waals surface area contributed by atoms with Gasteiger partial charge in [-0.2, -0.15) is 0 Å². The Morgan fingerprint density at radius 3 is 2.50 bits per heavy atom. The van der Waals surface area contributed by atoms with E-state index in [1.807, 2.05) is 20.8 Å². The largest absolute Gasteiger partial charge is 0.444 e. The molecule has 4 heteroatoms. The molecule has 1 aliphatic rings. The van der Waals surface area contributed by atoms with Crippen LogP contribution in [0, 0.1) is 0 Å². The van der Waals surface area contributed by atoms with Gasteiger partial charge in [-0.1, -0.05) is 0 Å². The van der Waals surface area contributed by atoms with E-state index < -0.39 is 11.7 Å². The van der Waals surface area contributed by atoms with Gasteiger partial charge in [0.15, 0.2) is 0 Å². The summed E-state index contributed by atoms with van der Waals surface area (Å²) in [5, 5.41) is 2.68. The van der Waals surface area contributed by atoms with E-state index in [0.29, 0.717) is 0 Å². The Morgan fingerprint density at radius 1 is 1.43 bits per heavy atom. The highest BCUT2D eigenvalue weighted by Crippen LogP contribution is 2.20. The van der Waals surface area contributed by atoms with Crippen molar-refractivity contribution in [2.24, 2.45) is 5.73 Å². The SMILES string of the molecule is CC(C)(C)OC(=O)NC1=C(N)CCC1. The Bertz CT molecular complexity index is 264. The highest BCUT2D eigenvalue weighted by Gasteiger charge is 2.19. The van der Waals surface area contributed by atoms with Crippen molar-refractivity contribution in [2.75, 3.05) is 0 Å². The normalized spacial score (nSPS) is 17.1. The lowest BCUT2D eigenvalue weighted by atomic mass is 10.2. The molecule has 0 saturated heterocycles. The minimum atomic E-state index is -0.460. The van der Waals surface area contributed by atoms with Crippen LogP contribution in [0.4, 0.5) is 4.79 Å². The van der Waals surface area contributed by atoms with Gasteiger partial charge in [0.05, 0.1) is 0 Å². The van der Waals surface area contributed by atoms with Gasteiger partial charge in [0.2, 0.25) is 0 Å². The third-order valence-electron chi connectivity index (χ3n) is 1.91. The Hall–Kier alpha value is -1.19. The van der Waals surface area contributed by atoms with Crippen molar-refractivity contribution < 1.29 is 9.53 Å². The maximum absolute atomic E-state index is 11.3. The molecule has 0 radical (unpaired) electrons. The van der Waals surface area contributed by atoms with E-state index in [-0.39, 0.29) is 0 Å². The Kier molecular flexibility index (Phi) is 3.03. The van der Waals surface area contributed by atoms with Crippen LogP contribution in [0.2, 0.25) is 0 Å². The fourth-order valence-corrected chi connectivity index (χ4v) is 1.34. The van der Waals surface area contributed by atoms with Crippen molar-refractivity contribution in [3.63, 3.8) is 0 Å². The van der Waals surface area contributed by atoms with Crippen LogP contribution in [0.25, 0.3) is 0 Å². The molecule has 0 heterocycles. The zero-order valence-electron chi connectivity index (χ0n) is 9.02. The van der Waals surface area contributed by atoms with Crippen LogP contribution < -0.4 is 11.1 Å². The standard InChI is InChI=1S/C10H18N2O2/c1-10(2,3)14-9(13)12-8-6-4-5-7(8)11/h4-6,11H2,1-3H3,(H,12,13). The molecule has 0 aromatic carbocycles. The third-order valence-corrected chi connectivity index (χ3v) is 1.91. The maximum Gasteiger partial charge on any atom is 0.411 e. The summed E-state index contributed by atoms with van der Waals surface area (Å²) in [6, 6.07) is 0. The molecule has 0 aromatic rings. The molecule has 1 aliphatic carbocycles. The van der Waals surface area contributed by atoms with Crippen molar-refractivity contribution in [1.82, 2.24) is 5.32 Å². The molecule has 0 aliphatic heterocycles. The predicted octanol–water partition coefficient (Wildman–Crippen LogP) is 1.87. The second-order valence-corrected chi connectivity index (χ2v) is 4.48. The molecule has 0 saturated carbocycles. The number of allylic oxidation sites excluding steroid dienone is 2. The van der Waals surface area contributed by atoms with Crippen molar-refractivity contribution in [3.8, 4) is 0 Å². The molecule has 80 valence electrons. The summed E-state index contributed by atoms with van der Waals surface area (Å²) in [5.41, 5.74) is 6.83. The van der Waals surface area contributed by atoms with E-state index in [9.17, 15) is 4.79 Å². The van der Waals surface area contributed by atoms with E-state index in [0.717, 1.165) is 30.7 Å². The number of carbonyl (C=O) groups excluding carboxylic acids is 1. The molecule has 0 fully saturated rings. The maximum atomic E-state index is 11.3. The number of nitrogens with two attached hydrogens (primary N) is 1. The zero-order valence-corrected chi connectivity index (χ0v) is 9.02. The number of carbonyl (C=O) groups is 1. The number of amides is 1. The molecule has 1 rings (SSSR count). The van der Waals surface area contributed by atoms with Crippen LogP contribution in [-0.2, 0) is 4.74 Å². The second kappa shape index (κ2) is 3.90. The van der Waals surface area contributed by atoms with Crippen LogP contribution in [0.3, 0.4) is 0 Å². The van der Waals surface area contributed by atoms with Crippen molar-refractivity contribution in [3.05, 3.63) is 11.4 Å². The summed E-state index contributed by atoms with van der Waals surface area (Å²) >= 11 is 0. The van der Waals surface area contributed by atoms with Crippen LogP contribution in [0.5, 0.6) is 0 Å². The second-order valence-electron chi connectivity index (χ2n) is 4.48. The first-order valence-corrected chi connectivity index (χ1v) is 4.86. The lowest BCUT2D eigenvalue weighted by molar-refractivity contribution is 0.0544. The topological polar surface area (TPSA) is 64.3 Å². The van der Waals surface area contributed by atoms with Crippen LogP contribution >= 0.6 is 0 Å². The van der Waals surface area contributed by atoms with Crippen LogP contribution in [0.15, 0.2) is 11.4 Å². The molecule has 0 aromatic heterocycles. The van der Waals surface area contributed by atoms with Gasteiger partial charge >= 0.3 is 6.09 Å². The predicted molar refractivity (Wildman–Crippen MR) is 54.4 cm³/mol. The molecule has 0 spiro atoms. The quantitative estimate of drug-likeness (QED) is 0.676. The third kappa shape index (κ3) is 3.28. The molecule has 0 atom stereocenters. The average Bonchev–Trinajstić information content (AvgIpc) is 2.32. The fourth-order valence-electron chi connectivity index (χ4n) is 1.34. The van der Waals surface area contributed by atoms with E-state index in [2.05, 4.69) is 5.32 Å². The Morgan fingerprint density at radius 2 is 2.07 bits per heavy atom.